The molecule has 1 aromatic rings. The van der Waals surface area contributed by atoms with Crippen LogP contribution in [0.1, 0.15) is 18.9 Å². The van der Waals surface area contributed by atoms with Gasteiger partial charge in [-0.1, -0.05) is 12.1 Å². The Morgan fingerprint density at radius 2 is 2.00 bits per heavy atom. The van der Waals surface area contributed by atoms with E-state index in [1.54, 1.807) is 18.4 Å². The highest BCUT2D eigenvalue weighted by molar-refractivity contribution is 7.84. The van der Waals surface area contributed by atoms with Crippen molar-refractivity contribution in [2.24, 2.45) is 0 Å². The van der Waals surface area contributed by atoms with Gasteiger partial charge in [-0.3, -0.25) is 4.21 Å². The third-order valence-corrected chi connectivity index (χ3v) is 3.22. The maximum Gasteiger partial charge on any atom is 0.123 e. The molecule has 0 saturated heterocycles. The Hall–Kier alpha value is -0.740. The molecule has 1 aromatic carbocycles. The molecule has 0 aromatic heterocycles. The zero-order valence-corrected chi connectivity index (χ0v) is 10.5. The van der Waals surface area contributed by atoms with E-state index in [0.29, 0.717) is 6.04 Å². The standard InChI is InChI=1S/C12H18FNOS/c1-10(7-8-16(2)15)14-9-11-3-5-12(13)6-4-11/h3-6,10,14H,7-9H2,1-2H3. The Balaban J connectivity index is 2.28. The average Bonchev–Trinajstić information content (AvgIpc) is 2.25. The van der Waals surface area contributed by atoms with Crippen LogP contribution in [0.2, 0.25) is 0 Å². The molecule has 90 valence electrons. The molecular weight excluding hydrogens is 225 g/mol. The molecule has 16 heavy (non-hydrogen) atoms. The van der Waals surface area contributed by atoms with Gasteiger partial charge in [-0.15, -0.1) is 0 Å². The number of hydrogen-bond acceptors (Lipinski definition) is 2. The summed E-state index contributed by atoms with van der Waals surface area (Å²) in [6, 6.07) is 6.79. The normalized spacial score (nSPS) is 14.7. The van der Waals surface area contributed by atoms with Gasteiger partial charge >= 0.3 is 0 Å². The quantitative estimate of drug-likeness (QED) is 0.828. The predicted molar refractivity (Wildman–Crippen MR) is 66.3 cm³/mol. The zero-order valence-electron chi connectivity index (χ0n) is 9.70. The molecular formula is C12H18FNOS. The highest BCUT2D eigenvalue weighted by Crippen LogP contribution is 2.03. The molecule has 2 nitrogen and oxygen atoms in total. The molecule has 0 radical (unpaired) electrons. The summed E-state index contributed by atoms with van der Waals surface area (Å²) in [5, 5.41) is 3.32. The van der Waals surface area contributed by atoms with E-state index in [-0.39, 0.29) is 5.82 Å². The van der Waals surface area contributed by atoms with E-state index in [1.807, 2.05) is 0 Å². The fourth-order valence-corrected chi connectivity index (χ4v) is 2.02. The van der Waals surface area contributed by atoms with E-state index in [9.17, 15) is 8.60 Å². The van der Waals surface area contributed by atoms with Crippen molar-refractivity contribution in [1.29, 1.82) is 0 Å². The minimum Gasteiger partial charge on any atom is -0.310 e. The SMILES string of the molecule is CC(CCS(C)=O)NCc1ccc(F)cc1. The first-order valence-electron chi connectivity index (χ1n) is 5.36. The van der Waals surface area contributed by atoms with Gasteiger partial charge in [-0.2, -0.15) is 0 Å². The molecule has 0 aliphatic carbocycles. The van der Waals surface area contributed by atoms with E-state index < -0.39 is 10.8 Å². The van der Waals surface area contributed by atoms with Crippen LogP contribution in [0.5, 0.6) is 0 Å². The summed E-state index contributed by atoms with van der Waals surface area (Å²) >= 11 is 0. The van der Waals surface area contributed by atoms with Crippen LogP contribution >= 0.6 is 0 Å². The van der Waals surface area contributed by atoms with Crippen LogP contribution in [0, 0.1) is 5.82 Å². The second kappa shape index (κ2) is 6.76. The molecule has 4 heteroatoms. The number of hydrogen-bond donors (Lipinski definition) is 1. The van der Waals surface area contributed by atoms with Crippen LogP contribution in [0.15, 0.2) is 24.3 Å². The molecule has 2 atom stereocenters. The van der Waals surface area contributed by atoms with E-state index in [4.69, 9.17) is 0 Å². The molecule has 1 rings (SSSR count). The smallest absolute Gasteiger partial charge is 0.123 e. The number of nitrogens with one attached hydrogen (secondary N) is 1. The van der Waals surface area contributed by atoms with E-state index in [2.05, 4.69) is 12.2 Å². The third-order valence-electron chi connectivity index (χ3n) is 2.41. The second-order valence-corrected chi connectivity index (χ2v) is 5.53. The van der Waals surface area contributed by atoms with Crippen LogP contribution in [0.4, 0.5) is 4.39 Å². The molecule has 2 unspecified atom stereocenters. The molecule has 0 spiro atoms. The van der Waals surface area contributed by atoms with Crippen LogP contribution < -0.4 is 5.32 Å². The van der Waals surface area contributed by atoms with Crippen molar-refractivity contribution in [3.8, 4) is 0 Å². The lowest BCUT2D eigenvalue weighted by Crippen LogP contribution is -2.26. The molecule has 0 aliphatic heterocycles. The Morgan fingerprint density at radius 3 is 2.56 bits per heavy atom. The van der Waals surface area contributed by atoms with Crippen molar-refractivity contribution in [3.05, 3.63) is 35.6 Å². The predicted octanol–water partition coefficient (Wildman–Crippen LogP) is 2.07. The van der Waals surface area contributed by atoms with Gasteiger partial charge in [0.25, 0.3) is 0 Å². The van der Waals surface area contributed by atoms with Crippen molar-refractivity contribution in [3.63, 3.8) is 0 Å². The number of benzene rings is 1. The Bertz CT molecular complexity index is 339. The highest BCUT2D eigenvalue weighted by Gasteiger charge is 2.02. The van der Waals surface area contributed by atoms with Crippen LogP contribution in [0.3, 0.4) is 0 Å². The summed E-state index contributed by atoms with van der Waals surface area (Å²) in [6.45, 7) is 2.79. The van der Waals surface area contributed by atoms with E-state index in [1.165, 1.54) is 12.1 Å². The maximum atomic E-state index is 12.6. The largest absolute Gasteiger partial charge is 0.310 e. The molecule has 1 N–H and O–H groups in total. The van der Waals surface area contributed by atoms with Crippen LogP contribution in [-0.2, 0) is 17.3 Å². The lowest BCUT2D eigenvalue weighted by atomic mass is 10.2. The lowest BCUT2D eigenvalue weighted by molar-refractivity contribution is 0.534. The second-order valence-electron chi connectivity index (χ2n) is 3.97. The van der Waals surface area contributed by atoms with Gasteiger partial charge in [-0.05, 0) is 31.0 Å². The van der Waals surface area contributed by atoms with Crippen molar-refractivity contribution >= 4 is 10.8 Å². The van der Waals surface area contributed by atoms with Crippen molar-refractivity contribution < 1.29 is 8.60 Å². The summed E-state index contributed by atoms with van der Waals surface area (Å²) < 4.78 is 23.5. The first kappa shape index (κ1) is 13.3. The minimum atomic E-state index is -0.727. The molecule has 0 fully saturated rings. The topological polar surface area (TPSA) is 29.1 Å². The lowest BCUT2D eigenvalue weighted by Gasteiger charge is -2.12. The Morgan fingerprint density at radius 1 is 1.38 bits per heavy atom. The third kappa shape index (κ3) is 5.37. The monoisotopic (exact) mass is 243 g/mol. The fourth-order valence-electron chi connectivity index (χ4n) is 1.34. The average molecular weight is 243 g/mol. The first-order valence-corrected chi connectivity index (χ1v) is 7.08. The zero-order chi connectivity index (χ0) is 12.0. The van der Waals surface area contributed by atoms with Gasteiger partial charge < -0.3 is 5.32 Å². The van der Waals surface area contributed by atoms with Crippen molar-refractivity contribution in [1.82, 2.24) is 5.32 Å². The fraction of sp³-hybridized carbons (Fsp3) is 0.500. The minimum absolute atomic E-state index is 0.210. The van der Waals surface area contributed by atoms with Gasteiger partial charge in [0, 0.05) is 35.4 Å². The highest BCUT2D eigenvalue weighted by atomic mass is 32.2. The van der Waals surface area contributed by atoms with Crippen molar-refractivity contribution in [2.45, 2.75) is 25.9 Å². The molecule has 0 aliphatic rings. The van der Waals surface area contributed by atoms with E-state index in [0.717, 1.165) is 24.3 Å². The summed E-state index contributed by atoms with van der Waals surface area (Å²) in [7, 11) is -0.727. The van der Waals surface area contributed by atoms with E-state index >= 15 is 0 Å². The Kier molecular flexibility index (Phi) is 5.63. The summed E-state index contributed by atoms with van der Waals surface area (Å²) in [4.78, 5) is 0. The van der Waals surface area contributed by atoms with Gasteiger partial charge in [0.15, 0.2) is 0 Å². The van der Waals surface area contributed by atoms with Crippen LogP contribution in [-0.4, -0.2) is 22.3 Å². The summed E-state index contributed by atoms with van der Waals surface area (Å²) in [5.74, 6) is 0.510. The Labute approximate surface area is 98.7 Å². The maximum absolute atomic E-state index is 12.6. The van der Waals surface area contributed by atoms with Gasteiger partial charge in [0.1, 0.15) is 5.82 Å². The first-order chi connectivity index (χ1) is 7.58. The molecule has 0 heterocycles. The number of halogens is 1. The molecule has 0 bridgehead atoms. The summed E-state index contributed by atoms with van der Waals surface area (Å²) in [6.07, 6.45) is 2.61. The number of rotatable bonds is 6. The van der Waals surface area contributed by atoms with Gasteiger partial charge in [-0.25, -0.2) is 4.39 Å². The summed E-state index contributed by atoms with van der Waals surface area (Å²) in [5.41, 5.74) is 1.06. The van der Waals surface area contributed by atoms with Crippen LogP contribution in [0.25, 0.3) is 0 Å². The molecule has 0 saturated carbocycles. The van der Waals surface area contributed by atoms with Crippen molar-refractivity contribution in [2.75, 3.05) is 12.0 Å². The van der Waals surface area contributed by atoms with Gasteiger partial charge in [0.05, 0.1) is 0 Å². The van der Waals surface area contributed by atoms with Gasteiger partial charge in [0.2, 0.25) is 0 Å². The molecule has 0 amide bonds.